The second-order valence-electron chi connectivity index (χ2n) is 4.59. The molecule has 5 heteroatoms. The Hall–Kier alpha value is -2.45. The molecule has 0 unspecified atom stereocenters. The fraction of sp³-hybridized carbons (Fsp3) is 0.125. The number of imidazole rings is 1. The summed E-state index contributed by atoms with van der Waals surface area (Å²) in [4.78, 5) is 8.74. The third kappa shape index (κ3) is 2.58. The zero-order valence-electron chi connectivity index (χ0n) is 11.7. The highest BCUT2D eigenvalue weighted by Crippen LogP contribution is 2.32. The van der Waals surface area contributed by atoms with Crippen molar-refractivity contribution in [2.24, 2.45) is 0 Å². The Morgan fingerprint density at radius 2 is 2.14 bits per heavy atom. The monoisotopic (exact) mass is 295 g/mol. The van der Waals surface area contributed by atoms with Gasteiger partial charge in [0.25, 0.3) is 0 Å². The predicted molar refractivity (Wildman–Crippen MR) is 82.7 cm³/mol. The highest BCUT2D eigenvalue weighted by atomic mass is 32.2. The molecule has 4 nitrogen and oxygen atoms in total. The molecule has 0 aliphatic carbocycles. The summed E-state index contributed by atoms with van der Waals surface area (Å²) in [6.07, 6.45) is 0. The van der Waals surface area contributed by atoms with E-state index in [1.165, 1.54) is 11.8 Å². The van der Waals surface area contributed by atoms with Gasteiger partial charge in [-0.2, -0.15) is 5.26 Å². The largest absolute Gasteiger partial charge is 0.497 e. The summed E-state index contributed by atoms with van der Waals surface area (Å²) >= 11 is 1.47. The maximum atomic E-state index is 9.22. The molecule has 3 rings (SSSR count). The standard InChI is InChI=1S/C16H13N3OS/c1-10-4-3-5-11(9-17)15(10)21-16-18-13-7-6-12(20-2)8-14(13)19-16/h3-8H,1-2H3,(H,18,19). The van der Waals surface area contributed by atoms with E-state index < -0.39 is 0 Å². The Balaban J connectivity index is 2.01. The number of hydrogen-bond donors (Lipinski definition) is 1. The normalized spacial score (nSPS) is 10.5. The van der Waals surface area contributed by atoms with Gasteiger partial charge in [0, 0.05) is 11.0 Å². The summed E-state index contributed by atoms with van der Waals surface area (Å²) in [6.45, 7) is 1.99. The number of ether oxygens (including phenoxy) is 1. The van der Waals surface area contributed by atoms with Gasteiger partial charge in [0.2, 0.25) is 0 Å². The molecule has 0 aliphatic heterocycles. The number of nitrogens with zero attached hydrogens (tertiary/aromatic N) is 2. The number of aromatic amines is 1. The minimum Gasteiger partial charge on any atom is -0.497 e. The van der Waals surface area contributed by atoms with Gasteiger partial charge in [-0.1, -0.05) is 23.9 Å². The predicted octanol–water partition coefficient (Wildman–Crippen LogP) is 3.90. The summed E-state index contributed by atoms with van der Waals surface area (Å²) in [5.41, 5.74) is 3.53. The summed E-state index contributed by atoms with van der Waals surface area (Å²) < 4.78 is 5.21. The molecule has 1 N–H and O–H groups in total. The van der Waals surface area contributed by atoms with Gasteiger partial charge in [-0.05, 0) is 30.7 Å². The maximum Gasteiger partial charge on any atom is 0.171 e. The average Bonchev–Trinajstić information content (AvgIpc) is 2.90. The molecule has 21 heavy (non-hydrogen) atoms. The molecule has 0 amide bonds. The van der Waals surface area contributed by atoms with Gasteiger partial charge in [0.1, 0.15) is 11.8 Å². The van der Waals surface area contributed by atoms with Gasteiger partial charge in [-0.15, -0.1) is 0 Å². The van der Waals surface area contributed by atoms with Crippen LogP contribution in [0.5, 0.6) is 5.75 Å². The Labute approximate surface area is 126 Å². The molecular weight excluding hydrogens is 282 g/mol. The lowest BCUT2D eigenvalue weighted by Crippen LogP contribution is -1.86. The molecule has 0 radical (unpaired) electrons. The van der Waals surface area contributed by atoms with Crippen LogP contribution in [-0.2, 0) is 0 Å². The molecule has 0 fully saturated rings. The zero-order valence-corrected chi connectivity index (χ0v) is 12.5. The van der Waals surface area contributed by atoms with Crippen LogP contribution in [-0.4, -0.2) is 17.1 Å². The molecule has 0 spiro atoms. The topological polar surface area (TPSA) is 61.7 Å². The first-order chi connectivity index (χ1) is 10.2. The molecule has 3 aromatic rings. The second-order valence-corrected chi connectivity index (χ2v) is 5.59. The van der Waals surface area contributed by atoms with Gasteiger partial charge in [-0.25, -0.2) is 4.98 Å². The SMILES string of the molecule is COc1ccc2nc(Sc3c(C)cccc3C#N)[nH]c2c1. The van der Waals surface area contributed by atoms with E-state index in [0.29, 0.717) is 5.56 Å². The van der Waals surface area contributed by atoms with E-state index in [1.807, 2.05) is 43.3 Å². The highest BCUT2D eigenvalue weighted by molar-refractivity contribution is 7.99. The number of benzene rings is 2. The van der Waals surface area contributed by atoms with Gasteiger partial charge >= 0.3 is 0 Å². The first-order valence-corrected chi connectivity index (χ1v) is 7.24. The Morgan fingerprint density at radius 3 is 2.90 bits per heavy atom. The number of fused-ring (bicyclic) bond motifs is 1. The smallest absolute Gasteiger partial charge is 0.171 e. The van der Waals surface area contributed by atoms with Crippen molar-refractivity contribution in [3.8, 4) is 11.8 Å². The van der Waals surface area contributed by atoms with Crippen molar-refractivity contribution in [1.82, 2.24) is 9.97 Å². The van der Waals surface area contributed by atoms with Crippen molar-refractivity contribution in [3.63, 3.8) is 0 Å². The second kappa shape index (κ2) is 5.51. The number of hydrogen-bond acceptors (Lipinski definition) is 4. The number of aryl methyl sites for hydroxylation is 1. The first-order valence-electron chi connectivity index (χ1n) is 6.42. The summed E-state index contributed by atoms with van der Waals surface area (Å²) in [6, 6.07) is 13.6. The van der Waals surface area contributed by atoms with E-state index in [2.05, 4.69) is 16.0 Å². The number of nitrogens with one attached hydrogen (secondary N) is 1. The average molecular weight is 295 g/mol. The molecular formula is C16H13N3OS. The van der Waals surface area contributed by atoms with E-state index in [4.69, 9.17) is 4.74 Å². The lowest BCUT2D eigenvalue weighted by atomic mass is 10.1. The number of aromatic nitrogens is 2. The Kier molecular flexibility index (Phi) is 3.55. The van der Waals surface area contributed by atoms with Crippen molar-refractivity contribution in [2.75, 3.05) is 7.11 Å². The third-order valence-electron chi connectivity index (χ3n) is 3.20. The van der Waals surface area contributed by atoms with Crippen LogP contribution in [0, 0.1) is 18.3 Å². The van der Waals surface area contributed by atoms with Gasteiger partial charge in [0.05, 0.1) is 23.7 Å². The van der Waals surface area contributed by atoms with E-state index in [1.54, 1.807) is 7.11 Å². The van der Waals surface area contributed by atoms with E-state index >= 15 is 0 Å². The van der Waals surface area contributed by atoms with Crippen LogP contribution < -0.4 is 4.74 Å². The highest BCUT2D eigenvalue weighted by Gasteiger charge is 2.11. The number of methoxy groups -OCH3 is 1. The Bertz CT molecular complexity index is 848. The molecule has 0 atom stereocenters. The molecule has 0 bridgehead atoms. The van der Waals surface area contributed by atoms with Crippen molar-refractivity contribution in [2.45, 2.75) is 17.0 Å². The molecule has 0 saturated heterocycles. The lowest BCUT2D eigenvalue weighted by molar-refractivity contribution is 0.415. The summed E-state index contributed by atoms with van der Waals surface area (Å²) in [5.74, 6) is 0.788. The number of H-pyrrole nitrogens is 1. The number of nitriles is 1. The zero-order chi connectivity index (χ0) is 14.8. The lowest BCUT2D eigenvalue weighted by Gasteiger charge is -2.04. The van der Waals surface area contributed by atoms with Crippen LogP contribution in [0.4, 0.5) is 0 Å². The Morgan fingerprint density at radius 1 is 1.29 bits per heavy atom. The molecule has 1 heterocycles. The molecule has 1 aromatic heterocycles. The van der Waals surface area contributed by atoms with Crippen LogP contribution in [0.25, 0.3) is 11.0 Å². The van der Waals surface area contributed by atoms with Gasteiger partial charge in [-0.3, -0.25) is 0 Å². The summed E-state index contributed by atoms with van der Waals surface area (Å²) in [5, 5.41) is 9.99. The van der Waals surface area contributed by atoms with Crippen LogP contribution in [0.2, 0.25) is 0 Å². The van der Waals surface area contributed by atoms with E-state index in [0.717, 1.165) is 32.4 Å². The van der Waals surface area contributed by atoms with Crippen molar-refractivity contribution in [3.05, 3.63) is 47.5 Å². The third-order valence-corrected chi connectivity index (χ3v) is 4.33. The van der Waals surface area contributed by atoms with Crippen LogP contribution in [0.15, 0.2) is 46.5 Å². The summed E-state index contributed by atoms with van der Waals surface area (Å²) in [7, 11) is 1.64. The molecule has 0 saturated carbocycles. The van der Waals surface area contributed by atoms with Crippen LogP contribution in [0.1, 0.15) is 11.1 Å². The first kappa shape index (κ1) is 13.5. The minimum atomic E-state index is 0.665. The van der Waals surface area contributed by atoms with Crippen LogP contribution >= 0.6 is 11.8 Å². The fourth-order valence-corrected chi connectivity index (χ4v) is 3.06. The molecule has 0 aliphatic rings. The maximum absolute atomic E-state index is 9.22. The van der Waals surface area contributed by atoms with Crippen molar-refractivity contribution in [1.29, 1.82) is 5.26 Å². The van der Waals surface area contributed by atoms with E-state index in [-0.39, 0.29) is 0 Å². The van der Waals surface area contributed by atoms with Crippen molar-refractivity contribution >= 4 is 22.8 Å². The molecule has 104 valence electrons. The fourth-order valence-electron chi connectivity index (χ4n) is 2.11. The van der Waals surface area contributed by atoms with Crippen molar-refractivity contribution < 1.29 is 4.74 Å². The minimum absolute atomic E-state index is 0.665. The molecule has 2 aromatic carbocycles. The van der Waals surface area contributed by atoms with E-state index in [9.17, 15) is 5.26 Å². The number of rotatable bonds is 3. The van der Waals surface area contributed by atoms with Gasteiger partial charge in [0.15, 0.2) is 5.16 Å². The quantitative estimate of drug-likeness (QED) is 0.796. The van der Waals surface area contributed by atoms with Crippen LogP contribution in [0.3, 0.4) is 0 Å². The van der Waals surface area contributed by atoms with Gasteiger partial charge < -0.3 is 9.72 Å².